The summed E-state index contributed by atoms with van der Waals surface area (Å²) in [5.74, 6) is 0.0653. The number of halogens is 2. The van der Waals surface area contributed by atoms with E-state index in [9.17, 15) is 33.6 Å². The normalized spacial score (nSPS) is 20.0. The van der Waals surface area contributed by atoms with Crippen LogP contribution in [0.4, 0.5) is 25.8 Å². The number of benzene rings is 2. The highest BCUT2D eigenvalue weighted by atomic mass is 35.5. The van der Waals surface area contributed by atoms with Crippen molar-refractivity contribution in [2.24, 2.45) is 0 Å². The van der Waals surface area contributed by atoms with Gasteiger partial charge in [-0.3, -0.25) is 29.3 Å². The third-order valence-electron chi connectivity index (χ3n) is 8.28. The lowest BCUT2D eigenvalue weighted by atomic mass is 10.1. The first-order valence-corrected chi connectivity index (χ1v) is 20.7. The van der Waals surface area contributed by atoms with Crippen LogP contribution in [0.25, 0.3) is 6.08 Å². The Bertz CT molecular complexity index is 1900. The summed E-state index contributed by atoms with van der Waals surface area (Å²) in [6, 6.07) is 10.5. The van der Waals surface area contributed by atoms with E-state index in [1.165, 1.54) is 0 Å². The van der Waals surface area contributed by atoms with Gasteiger partial charge in [0, 0.05) is 53.2 Å². The summed E-state index contributed by atoms with van der Waals surface area (Å²) >= 11 is 14.2. The number of anilines is 2. The van der Waals surface area contributed by atoms with E-state index in [1.807, 2.05) is 53.7 Å². The summed E-state index contributed by atoms with van der Waals surface area (Å²) in [7, 11) is 0. The van der Waals surface area contributed by atoms with E-state index in [4.69, 9.17) is 32.7 Å². The molecule has 4 amide bonds. The third kappa shape index (κ3) is 14.9. The molecule has 57 heavy (non-hydrogen) atoms. The molecule has 0 spiro atoms. The molecule has 18 heteroatoms. The number of imide groups is 1. The number of Topliss-reactive ketones (excluding diaryl/α,β-unsaturated/α-hetero) is 1. The van der Waals surface area contributed by atoms with Gasteiger partial charge < -0.3 is 29.9 Å². The largest absolute Gasteiger partial charge is 0.444 e. The van der Waals surface area contributed by atoms with Gasteiger partial charge in [0.05, 0.1) is 29.2 Å². The Balaban J connectivity index is 0.000000220. The maximum atomic E-state index is 12.0. The fourth-order valence-electron chi connectivity index (χ4n) is 5.93. The van der Waals surface area contributed by atoms with Crippen molar-refractivity contribution in [3.8, 4) is 0 Å². The molecule has 0 bridgehead atoms. The smallest absolute Gasteiger partial charge is 0.407 e. The van der Waals surface area contributed by atoms with Crippen molar-refractivity contribution in [3.05, 3.63) is 62.5 Å². The van der Waals surface area contributed by atoms with Gasteiger partial charge in [-0.1, -0.05) is 41.0 Å². The number of alkyl carbamates (subject to hydrolysis) is 2. The number of ketones is 1. The van der Waals surface area contributed by atoms with Crippen LogP contribution in [0.15, 0.2) is 41.3 Å². The van der Waals surface area contributed by atoms with E-state index < -0.39 is 29.3 Å². The van der Waals surface area contributed by atoms with Crippen LogP contribution in [0.3, 0.4) is 0 Å². The van der Waals surface area contributed by atoms with E-state index in [0.717, 1.165) is 72.7 Å². The Hall–Kier alpha value is -4.25. The molecule has 3 N–H and O–H groups in total. The Morgan fingerprint density at radius 2 is 1.30 bits per heavy atom. The van der Waals surface area contributed by atoms with Gasteiger partial charge in [0.2, 0.25) is 0 Å². The van der Waals surface area contributed by atoms with E-state index in [-0.39, 0.29) is 34.6 Å². The topological polar surface area (TPSA) is 181 Å². The second kappa shape index (κ2) is 19.9. The predicted octanol–water partition coefficient (Wildman–Crippen LogP) is 7.24. The lowest BCUT2D eigenvalue weighted by molar-refractivity contribution is -0.120. The zero-order chi connectivity index (χ0) is 42.1. The minimum atomic E-state index is -0.550. The second-order valence-corrected chi connectivity index (χ2v) is 18.3. The summed E-state index contributed by atoms with van der Waals surface area (Å²) in [5.41, 5.74) is 1.97. The standard InChI is InChI=1S/C19H22ClN3O4S.C16H21ClN2O3.C4H4O2S/c1-19(2,3)27-17(25)21-13-6-7-23(10-13)14-9-12(20)5-4-11(14)8-15-16(24)22-18(26)28-15;1-16(2,3)22-15(21)18-13-6-7-19(9-13)14-8-12(17)5-4-11(14)10-20;5-3-1-4(6)7-2-3/h4-5,8-9,13H,6-7,10H2,1-3H3,(H,21,25)(H,22,24,26);4-5,8,10,13H,6-7,9H2,1-3H3,(H,18,21);1-2H2/b15-8-;;/t2*13-;/m00./s1. The van der Waals surface area contributed by atoms with Crippen LogP contribution in [-0.4, -0.2) is 95.7 Å². The minimum absolute atomic E-state index is 0.00617. The summed E-state index contributed by atoms with van der Waals surface area (Å²) in [4.78, 5) is 83.1. The Morgan fingerprint density at radius 3 is 1.68 bits per heavy atom. The quantitative estimate of drug-likeness (QED) is 0.150. The van der Waals surface area contributed by atoms with E-state index in [2.05, 4.69) is 25.8 Å². The molecule has 0 aromatic heterocycles. The number of hydrogen-bond donors (Lipinski definition) is 3. The molecule has 4 aliphatic heterocycles. The number of rotatable bonds is 6. The average molecular weight is 865 g/mol. The molecule has 4 fully saturated rings. The second-order valence-electron chi connectivity index (χ2n) is 15.4. The molecule has 0 unspecified atom stereocenters. The maximum Gasteiger partial charge on any atom is 0.407 e. The van der Waals surface area contributed by atoms with Crippen molar-refractivity contribution >= 4 is 105 Å². The SMILES string of the molecule is CC(C)(C)OC(=O)N[C@H]1CCN(c2cc(Cl)ccc2/C=C2\SC(=O)NC2=O)C1.CC(C)(C)OC(=O)N[C@H]1CCN(c2cc(Cl)ccc2C=O)C1.O=C1CSC(=O)C1. The van der Waals surface area contributed by atoms with Crippen LogP contribution in [-0.2, 0) is 23.9 Å². The highest BCUT2D eigenvalue weighted by molar-refractivity contribution is 8.18. The summed E-state index contributed by atoms with van der Waals surface area (Å²) < 4.78 is 10.6. The van der Waals surface area contributed by atoms with Crippen molar-refractivity contribution in [2.45, 2.75) is 84.1 Å². The number of amides is 4. The van der Waals surface area contributed by atoms with Gasteiger partial charge in [-0.2, -0.15) is 0 Å². The van der Waals surface area contributed by atoms with Crippen molar-refractivity contribution in [1.29, 1.82) is 0 Å². The molecule has 0 radical (unpaired) electrons. The molecular formula is C39H47Cl2N5O9S2. The zero-order valence-corrected chi connectivity index (χ0v) is 35.7. The molecule has 4 aliphatic rings. The van der Waals surface area contributed by atoms with E-state index in [0.29, 0.717) is 39.4 Å². The number of thioether (sulfide) groups is 2. The lowest BCUT2D eigenvalue weighted by Crippen LogP contribution is -2.40. The molecule has 0 saturated carbocycles. The van der Waals surface area contributed by atoms with E-state index in [1.54, 1.807) is 30.3 Å². The van der Waals surface area contributed by atoms with Gasteiger partial charge in [-0.15, -0.1) is 0 Å². The van der Waals surface area contributed by atoms with Gasteiger partial charge in [0.15, 0.2) is 17.2 Å². The first-order chi connectivity index (χ1) is 26.7. The van der Waals surface area contributed by atoms with Crippen molar-refractivity contribution < 1.29 is 43.0 Å². The highest BCUT2D eigenvalue weighted by Gasteiger charge is 2.30. The fraction of sp³-hybridized carbons (Fsp3) is 0.462. The summed E-state index contributed by atoms with van der Waals surface area (Å²) in [5, 5.41) is 8.80. The lowest BCUT2D eigenvalue weighted by Gasteiger charge is -2.23. The number of nitrogens with one attached hydrogen (secondary N) is 3. The average Bonchev–Trinajstić information content (AvgIpc) is 3.90. The molecule has 2 atom stereocenters. The molecule has 6 rings (SSSR count). The molecule has 2 aromatic carbocycles. The number of hydrogen-bond acceptors (Lipinski definition) is 13. The zero-order valence-electron chi connectivity index (χ0n) is 32.6. The molecule has 14 nitrogen and oxygen atoms in total. The predicted molar refractivity (Wildman–Crippen MR) is 224 cm³/mol. The van der Waals surface area contributed by atoms with Gasteiger partial charge in [-0.05, 0) is 108 Å². The van der Waals surface area contributed by atoms with Gasteiger partial charge in [0.25, 0.3) is 11.1 Å². The monoisotopic (exact) mass is 863 g/mol. The van der Waals surface area contributed by atoms with Gasteiger partial charge in [0.1, 0.15) is 11.2 Å². The fourth-order valence-corrected chi connectivity index (χ4v) is 7.62. The van der Waals surface area contributed by atoms with Crippen LogP contribution >= 0.6 is 46.7 Å². The number of aldehydes is 1. The molecule has 4 saturated heterocycles. The summed E-state index contributed by atoms with van der Waals surface area (Å²) in [6.07, 6.45) is 3.36. The maximum absolute atomic E-state index is 12.0. The molecule has 4 heterocycles. The number of ether oxygens (including phenoxy) is 2. The van der Waals surface area contributed by atoms with Crippen molar-refractivity contribution in [2.75, 3.05) is 41.7 Å². The Kier molecular flexibility index (Phi) is 15.9. The number of carbonyl (C=O) groups is 7. The number of carbonyl (C=O) groups excluding carboxylic acids is 7. The molecule has 0 aliphatic carbocycles. The van der Waals surface area contributed by atoms with Crippen LogP contribution < -0.4 is 25.8 Å². The summed E-state index contributed by atoms with van der Waals surface area (Å²) in [6.45, 7) is 13.6. The third-order valence-corrected chi connectivity index (χ3v) is 10.5. The Morgan fingerprint density at radius 1 is 0.807 bits per heavy atom. The minimum Gasteiger partial charge on any atom is -0.444 e. The highest BCUT2D eigenvalue weighted by Crippen LogP contribution is 2.33. The van der Waals surface area contributed by atoms with Gasteiger partial charge >= 0.3 is 12.2 Å². The Labute approximate surface area is 350 Å². The van der Waals surface area contributed by atoms with Crippen molar-refractivity contribution in [1.82, 2.24) is 16.0 Å². The molecule has 308 valence electrons. The van der Waals surface area contributed by atoms with E-state index >= 15 is 0 Å². The van der Waals surface area contributed by atoms with Crippen molar-refractivity contribution in [3.63, 3.8) is 0 Å². The number of nitrogens with zero attached hydrogens (tertiary/aromatic N) is 2. The van der Waals surface area contributed by atoms with Crippen LogP contribution in [0.1, 0.15) is 76.7 Å². The first-order valence-electron chi connectivity index (χ1n) is 18.1. The molecule has 2 aromatic rings. The first kappa shape index (κ1) is 45.5. The van der Waals surface area contributed by atoms with Gasteiger partial charge in [-0.25, -0.2) is 9.59 Å². The van der Waals surface area contributed by atoms with Crippen LogP contribution in [0.2, 0.25) is 10.0 Å². The molecular weight excluding hydrogens is 817 g/mol. The van der Waals surface area contributed by atoms with Crippen LogP contribution in [0.5, 0.6) is 0 Å². The van der Waals surface area contributed by atoms with Crippen LogP contribution in [0, 0.1) is 0 Å².